The Morgan fingerprint density at radius 2 is 2.19 bits per heavy atom. The smallest absolute Gasteiger partial charge is 0.266 e. The monoisotopic (exact) mass is 375 g/mol. The van der Waals surface area contributed by atoms with Crippen molar-refractivity contribution in [2.75, 3.05) is 13.1 Å². The molecule has 26 heavy (non-hydrogen) atoms. The van der Waals surface area contributed by atoms with E-state index in [1.54, 1.807) is 23.1 Å². The van der Waals surface area contributed by atoms with Gasteiger partial charge in [-0.15, -0.1) is 0 Å². The van der Waals surface area contributed by atoms with E-state index < -0.39 is 0 Å². The molecule has 0 saturated carbocycles. The van der Waals surface area contributed by atoms with Crippen LogP contribution in [-0.2, 0) is 4.79 Å². The summed E-state index contributed by atoms with van der Waals surface area (Å²) < 4.78 is 5.41. The lowest BCUT2D eigenvalue weighted by atomic mass is 9.92. The number of nitrogens with one attached hydrogen (secondary N) is 2. The zero-order chi connectivity index (χ0) is 18.7. The maximum atomic E-state index is 13.0. The fraction of sp³-hybridized carbons (Fsp3) is 0.526. The van der Waals surface area contributed by atoms with Crippen molar-refractivity contribution in [3.05, 3.63) is 28.6 Å². The fourth-order valence-electron chi connectivity index (χ4n) is 3.38. The molecule has 140 valence electrons. The van der Waals surface area contributed by atoms with Gasteiger partial charge < -0.3 is 19.6 Å². The second-order valence-corrected chi connectivity index (χ2v) is 7.32. The van der Waals surface area contributed by atoms with Crippen LogP contribution in [0.5, 0.6) is 0 Å². The van der Waals surface area contributed by atoms with Gasteiger partial charge in [-0.1, -0.05) is 13.3 Å². The summed E-state index contributed by atoms with van der Waals surface area (Å²) in [5, 5.41) is 2.99. The number of unbranched alkanes of at least 4 members (excludes halogenated alkanes) is 1. The van der Waals surface area contributed by atoms with Gasteiger partial charge in [0.25, 0.3) is 10.7 Å². The molecule has 2 atom stereocenters. The molecule has 1 aliphatic rings. The summed E-state index contributed by atoms with van der Waals surface area (Å²) in [5.41, 5.74) is 1.89. The number of H-pyrrole nitrogens is 1. The number of hydrogen-bond acceptors (Lipinski definition) is 4. The first-order valence-corrected chi connectivity index (χ1v) is 9.62. The van der Waals surface area contributed by atoms with Crippen molar-refractivity contribution in [3.63, 3.8) is 0 Å². The van der Waals surface area contributed by atoms with E-state index in [9.17, 15) is 9.59 Å². The minimum absolute atomic E-state index is 0.0509. The Balaban J connectivity index is 1.73. The molecule has 2 N–H and O–H groups in total. The predicted octanol–water partition coefficient (Wildman–Crippen LogP) is 3.65. The number of hydrogen-bond donors (Lipinski definition) is 2. The molecule has 1 saturated heterocycles. The topological polar surface area (TPSA) is 78.3 Å². The SMILES string of the molecule is CCCCNC(=O)[C@@H]1CC[C@H](C)N(C(=O)c2ccc3[nH]c(=S)oc3c2)C1. The van der Waals surface area contributed by atoms with Gasteiger partial charge in [0.05, 0.1) is 11.4 Å². The highest BCUT2D eigenvalue weighted by atomic mass is 32.1. The van der Waals surface area contributed by atoms with Gasteiger partial charge in [-0.2, -0.15) is 0 Å². The summed E-state index contributed by atoms with van der Waals surface area (Å²) in [5.74, 6) is -0.172. The average Bonchev–Trinajstić information content (AvgIpc) is 3.00. The summed E-state index contributed by atoms with van der Waals surface area (Å²) >= 11 is 4.99. The van der Waals surface area contributed by atoms with Gasteiger partial charge in [0.2, 0.25) is 5.91 Å². The van der Waals surface area contributed by atoms with Crippen molar-refractivity contribution >= 4 is 35.1 Å². The third-order valence-corrected chi connectivity index (χ3v) is 5.20. The molecule has 6 nitrogen and oxygen atoms in total. The summed E-state index contributed by atoms with van der Waals surface area (Å²) in [6, 6.07) is 5.38. The molecule has 0 spiro atoms. The summed E-state index contributed by atoms with van der Waals surface area (Å²) in [7, 11) is 0. The van der Waals surface area contributed by atoms with E-state index in [1.165, 1.54) is 0 Å². The van der Waals surface area contributed by atoms with Crippen LogP contribution in [0.4, 0.5) is 0 Å². The average molecular weight is 375 g/mol. The Hall–Kier alpha value is -2.15. The normalized spacial score (nSPS) is 20.3. The number of aromatic amines is 1. The van der Waals surface area contributed by atoms with Crippen molar-refractivity contribution in [2.24, 2.45) is 5.92 Å². The van der Waals surface area contributed by atoms with Crippen molar-refractivity contribution < 1.29 is 14.0 Å². The molecular formula is C19H25N3O3S. The highest BCUT2D eigenvalue weighted by molar-refractivity contribution is 7.71. The molecule has 0 unspecified atom stereocenters. The number of amides is 2. The lowest BCUT2D eigenvalue weighted by Gasteiger charge is -2.37. The maximum Gasteiger partial charge on any atom is 0.266 e. The molecular weight excluding hydrogens is 350 g/mol. The fourth-order valence-corrected chi connectivity index (χ4v) is 3.58. The van der Waals surface area contributed by atoms with E-state index >= 15 is 0 Å². The first kappa shape index (κ1) is 18.6. The number of nitrogens with zero attached hydrogens (tertiary/aromatic N) is 1. The van der Waals surface area contributed by atoms with Crippen LogP contribution >= 0.6 is 12.2 Å². The Labute approximate surface area is 157 Å². The molecule has 1 aromatic carbocycles. The van der Waals surface area contributed by atoms with Gasteiger partial charge in [-0.05, 0) is 56.6 Å². The lowest BCUT2D eigenvalue weighted by molar-refractivity contribution is -0.126. The summed E-state index contributed by atoms with van der Waals surface area (Å²) in [6.45, 7) is 5.28. The second-order valence-electron chi connectivity index (χ2n) is 6.95. The molecule has 2 amide bonds. The van der Waals surface area contributed by atoms with Crippen molar-refractivity contribution in [2.45, 2.75) is 45.6 Å². The van der Waals surface area contributed by atoms with E-state index in [2.05, 4.69) is 17.2 Å². The Morgan fingerprint density at radius 1 is 1.38 bits per heavy atom. The van der Waals surface area contributed by atoms with Gasteiger partial charge in [-0.3, -0.25) is 9.59 Å². The number of carbonyl (C=O) groups excluding carboxylic acids is 2. The van der Waals surface area contributed by atoms with E-state index in [4.69, 9.17) is 16.6 Å². The van der Waals surface area contributed by atoms with Crippen LogP contribution in [0, 0.1) is 10.8 Å². The molecule has 0 bridgehead atoms. The third kappa shape index (κ3) is 3.98. The first-order chi connectivity index (χ1) is 12.5. The van der Waals surface area contributed by atoms with Crippen LogP contribution in [0.15, 0.2) is 22.6 Å². The largest absolute Gasteiger partial charge is 0.429 e. The minimum Gasteiger partial charge on any atom is -0.429 e. The van der Waals surface area contributed by atoms with E-state index in [-0.39, 0.29) is 23.8 Å². The van der Waals surface area contributed by atoms with E-state index in [0.717, 1.165) is 31.2 Å². The zero-order valence-corrected chi connectivity index (χ0v) is 16.0. The summed E-state index contributed by atoms with van der Waals surface area (Å²) in [6.07, 6.45) is 3.66. The Morgan fingerprint density at radius 3 is 2.96 bits per heavy atom. The van der Waals surface area contributed by atoms with Crippen molar-refractivity contribution in [1.29, 1.82) is 0 Å². The minimum atomic E-state index is -0.146. The molecule has 0 aliphatic carbocycles. The molecule has 0 radical (unpaired) electrons. The lowest BCUT2D eigenvalue weighted by Crippen LogP contribution is -2.49. The number of likely N-dealkylation sites (tertiary alicyclic amines) is 1. The highest BCUT2D eigenvalue weighted by Gasteiger charge is 2.33. The van der Waals surface area contributed by atoms with Crippen molar-refractivity contribution in [3.8, 4) is 0 Å². The van der Waals surface area contributed by atoms with Gasteiger partial charge in [0.1, 0.15) is 0 Å². The molecule has 1 aliphatic heterocycles. The van der Waals surface area contributed by atoms with Crippen LogP contribution in [0.3, 0.4) is 0 Å². The Bertz CT molecular complexity index is 857. The zero-order valence-electron chi connectivity index (χ0n) is 15.2. The van der Waals surface area contributed by atoms with Crippen molar-refractivity contribution in [1.82, 2.24) is 15.2 Å². The molecule has 7 heteroatoms. The summed E-state index contributed by atoms with van der Waals surface area (Å²) in [4.78, 5) is 30.4. The van der Waals surface area contributed by atoms with Gasteiger partial charge >= 0.3 is 0 Å². The second kappa shape index (κ2) is 8.03. The number of fused-ring (bicyclic) bond motifs is 1. The van der Waals surface area contributed by atoms with Crippen LogP contribution in [0.25, 0.3) is 11.1 Å². The van der Waals surface area contributed by atoms with Crippen LogP contribution in [-0.4, -0.2) is 40.8 Å². The predicted molar refractivity (Wildman–Crippen MR) is 103 cm³/mol. The quantitative estimate of drug-likeness (QED) is 0.618. The molecule has 2 aromatic rings. The number of carbonyl (C=O) groups is 2. The molecule has 1 fully saturated rings. The Kier molecular flexibility index (Phi) is 5.76. The highest BCUT2D eigenvalue weighted by Crippen LogP contribution is 2.25. The van der Waals surface area contributed by atoms with Crippen LogP contribution in [0.1, 0.15) is 49.9 Å². The third-order valence-electron chi connectivity index (χ3n) is 5.01. The number of benzene rings is 1. The van der Waals surface area contributed by atoms with Gasteiger partial charge in [-0.25, -0.2) is 0 Å². The first-order valence-electron chi connectivity index (χ1n) is 9.21. The van der Waals surface area contributed by atoms with Crippen LogP contribution < -0.4 is 5.32 Å². The van der Waals surface area contributed by atoms with E-state index in [0.29, 0.717) is 29.1 Å². The number of piperidine rings is 1. The number of oxazole rings is 1. The maximum absolute atomic E-state index is 13.0. The molecule has 3 rings (SSSR count). The standard InChI is InChI=1S/C19H25N3O3S/c1-3-4-9-20-17(23)14-6-5-12(2)22(11-14)18(24)13-7-8-15-16(10-13)25-19(26)21-15/h7-8,10,12,14H,3-6,9,11H2,1-2H3,(H,20,23)(H,21,26)/t12-,14+/m0/s1. The van der Waals surface area contributed by atoms with E-state index in [1.807, 2.05) is 6.92 Å². The molecule has 2 heterocycles. The molecule has 1 aromatic heterocycles. The van der Waals surface area contributed by atoms with Gasteiger partial charge in [0, 0.05) is 24.7 Å². The number of rotatable bonds is 5. The number of aromatic nitrogens is 1. The van der Waals surface area contributed by atoms with Crippen LogP contribution in [0.2, 0.25) is 0 Å². The van der Waals surface area contributed by atoms with Gasteiger partial charge in [0.15, 0.2) is 5.58 Å².